The minimum absolute atomic E-state index is 0.576. The van der Waals surface area contributed by atoms with Crippen LogP contribution in [0.3, 0.4) is 0 Å². The van der Waals surface area contributed by atoms with E-state index in [4.69, 9.17) is 4.74 Å². The minimum Gasteiger partial charge on any atom is -0.381 e. The summed E-state index contributed by atoms with van der Waals surface area (Å²) in [5, 5.41) is 5.44. The molecule has 2 unspecified atom stereocenters. The Morgan fingerprint density at radius 3 is 2.28 bits per heavy atom. The van der Waals surface area contributed by atoms with Crippen LogP contribution >= 0.6 is 0 Å². The van der Waals surface area contributed by atoms with Gasteiger partial charge in [-0.25, -0.2) is 0 Å². The van der Waals surface area contributed by atoms with Crippen molar-refractivity contribution in [2.24, 2.45) is 11.8 Å². The Kier molecular flexibility index (Phi) is 2.27. The molecular weight excluding hydrogens is 220 g/mol. The average Bonchev–Trinajstić information content (AvgIpc) is 2.42. The molecule has 0 bridgehead atoms. The topological polar surface area (TPSA) is 9.23 Å². The maximum atomic E-state index is 5.59. The van der Waals surface area contributed by atoms with Crippen LogP contribution < -0.4 is 10.4 Å². The fourth-order valence-electron chi connectivity index (χ4n) is 3.18. The van der Waals surface area contributed by atoms with Gasteiger partial charge in [0.2, 0.25) is 0 Å². The van der Waals surface area contributed by atoms with E-state index < -0.39 is 0 Å². The Balaban J connectivity index is 1.99. The summed E-state index contributed by atoms with van der Waals surface area (Å²) in [6, 6.07) is 13.2. The van der Waals surface area contributed by atoms with Crippen LogP contribution in [0.1, 0.15) is 6.42 Å². The minimum atomic E-state index is 0.576. The highest BCUT2D eigenvalue weighted by atomic mass is 16.5. The molecule has 0 amide bonds. The first kappa shape index (κ1) is 10.3. The quantitative estimate of drug-likeness (QED) is 0.680. The number of rotatable bonds is 0. The lowest BCUT2D eigenvalue weighted by Gasteiger charge is -2.29. The molecule has 0 N–H and O–H groups in total. The van der Waals surface area contributed by atoms with Gasteiger partial charge in [-0.15, -0.1) is 0 Å². The van der Waals surface area contributed by atoms with Gasteiger partial charge in [-0.3, -0.25) is 0 Å². The Labute approximate surface area is 106 Å². The molecule has 0 radical (unpaired) electrons. The Morgan fingerprint density at radius 2 is 1.56 bits per heavy atom. The molecular formula is C17H16O. The smallest absolute Gasteiger partial charge is 0.0534 e. The lowest BCUT2D eigenvalue weighted by Crippen LogP contribution is -2.37. The Morgan fingerprint density at radius 1 is 0.889 bits per heavy atom. The maximum Gasteiger partial charge on any atom is 0.0534 e. The van der Waals surface area contributed by atoms with Crippen LogP contribution in [0.25, 0.3) is 22.9 Å². The summed E-state index contributed by atoms with van der Waals surface area (Å²) in [6.07, 6.45) is 6.02. The molecule has 90 valence electrons. The molecule has 1 aliphatic carbocycles. The van der Waals surface area contributed by atoms with Crippen molar-refractivity contribution in [2.75, 3.05) is 13.2 Å². The summed E-state index contributed by atoms with van der Waals surface area (Å²) in [4.78, 5) is 0. The second-order valence-corrected chi connectivity index (χ2v) is 5.35. The summed E-state index contributed by atoms with van der Waals surface area (Å²) in [5.41, 5.74) is 0. The summed E-state index contributed by atoms with van der Waals surface area (Å²) in [6.45, 7) is 1.79. The zero-order chi connectivity index (χ0) is 11.9. The van der Waals surface area contributed by atoms with E-state index in [-0.39, 0.29) is 0 Å². The third-order valence-electron chi connectivity index (χ3n) is 4.19. The van der Waals surface area contributed by atoms with Crippen molar-refractivity contribution >= 4 is 22.9 Å². The average molecular weight is 236 g/mol. The predicted molar refractivity (Wildman–Crippen MR) is 74.5 cm³/mol. The highest BCUT2D eigenvalue weighted by Crippen LogP contribution is 2.25. The van der Waals surface area contributed by atoms with Gasteiger partial charge >= 0.3 is 0 Å². The molecule has 2 aromatic rings. The molecule has 0 aromatic heterocycles. The van der Waals surface area contributed by atoms with Gasteiger partial charge in [-0.1, -0.05) is 36.4 Å². The normalized spacial score (nSPS) is 25.8. The highest BCUT2D eigenvalue weighted by Gasteiger charge is 2.23. The standard InChI is InChI=1S/C17H16O/c1-2-4-13-8-16-10-17-11-18-6-5-14(17)9-15(16)7-12(13)3-1/h1-4,7-10,14,17H,5-6,11H2. The SMILES string of the molecule is C1=c2cc3ccccc3cc2=CC2COCCC12. The molecule has 18 heavy (non-hydrogen) atoms. The van der Waals surface area contributed by atoms with Crippen molar-refractivity contribution in [2.45, 2.75) is 6.42 Å². The molecule has 0 spiro atoms. The van der Waals surface area contributed by atoms with Gasteiger partial charge in [-0.2, -0.15) is 0 Å². The van der Waals surface area contributed by atoms with E-state index in [1.807, 2.05) is 0 Å². The number of hydrogen-bond acceptors (Lipinski definition) is 1. The van der Waals surface area contributed by atoms with Gasteiger partial charge in [0.05, 0.1) is 6.61 Å². The second kappa shape index (κ2) is 3.96. The molecule has 1 fully saturated rings. The number of ether oxygens (including phenoxy) is 1. The lowest BCUT2D eigenvalue weighted by atomic mass is 9.83. The maximum absolute atomic E-state index is 5.59. The van der Waals surface area contributed by atoms with Crippen LogP contribution in [0.2, 0.25) is 0 Å². The lowest BCUT2D eigenvalue weighted by molar-refractivity contribution is 0.0578. The predicted octanol–water partition coefficient (Wildman–Crippen LogP) is 2.07. The Bertz CT molecular complexity index is 651. The molecule has 2 atom stereocenters. The van der Waals surface area contributed by atoms with Crippen LogP contribution in [0.15, 0.2) is 36.4 Å². The van der Waals surface area contributed by atoms with Crippen LogP contribution in [0, 0.1) is 11.8 Å². The van der Waals surface area contributed by atoms with Crippen molar-refractivity contribution < 1.29 is 4.74 Å². The van der Waals surface area contributed by atoms with Gasteiger partial charge < -0.3 is 4.74 Å². The van der Waals surface area contributed by atoms with Gasteiger partial charge in [0.25, 0.3) is 0 Å². The van der Waals surface area contributed by atoms with Crippen molar-refractivity contribution in [3.05, 3.63) is 46.8 Å². The molecule has 1 saturated heterocycles. The number of benzene rings is 2. The molecule has 1 aliphatic heterocycles. The van der Waals surface area contributed by atoms with Gasteiger partial charge in [0.15, 0.2) is 0 Å². The second-order valence-electron chi connectivity index (χ2n) is 5.35. The van der Waals surface area contributed by atoms with E-state index in [1.165, 1.54) is 21.2 Å². The molecule has 1 heteroatoms. The first-order valence-electron chi connectivity index (χ1n) is 6.70. The van der Waals surface area contributed by atoms with Gasteiger partial charge in [0.1, 0.15) is 0 Å². The van der Waals surface area contributed by atoms with E-state index in [1.54, 1.807) is 0 Å². The van der Waals surface area contributed by atoms with Crippen LogP contribution in [0.5, 0.6) is 0 Å². The summed E-state index contributed by atoms with van der Waals surface area (Å²) >= 11 is 0. The van der Waals surface area contributed by atoms with Gasteiger partial charge in [0, 0.05) is 12.5 Å². The molecule has 1 nitrogen and oxygen atoms in total. The molecule has 2 aliphatic rings. The fraction of sp³-hybridized carbons (Fsp3) is 0.294. The number of hydrogen-bond donors (Lipinski definition) is 0. The summed E-state index contributed by atoms with van der Waals surface area (Å²) in [5.74, 6) is 1.25. The first-order chi connectivity index (χ1) is 8.90. The third kappa shape index (κ3) is 1.58. The molecule has 2 aromatic carbocycles. The molecule has 0 saturated carbocycles. The molecule has 1 heterocycles. The van der Waals surface area contributed by atoms with Crippen LogP contribution in [0.4, 0.5) is 0 Å². The van der Waals surface area contributed by atoms with Crippen LogP contribution in [-0.4, -0.2) is 13.2 Å². The van der Waals surface area contributed by atoms with E-state index in [0.29, 0.717) is 11.8 Å². The zero-order valence-corrected chi connectivity index (χ0v) is 10.3. The first-order valence-corrected chi connectivity index (χ1v) is 6.70. The largest absolute Gasteiger partial charge is 0.381 e. The Hall–Kier alpha value is -1.60. The third-order valence-corrected chi connectivity index (χ3v) is 4.19. The van der Waals surface area contributed by atoms with Gasteiger partial charge in [-0.05, 0) is 45.7 Å². The van der Waals surface area contributed by atoms with Crippen LogP contribution in [-0.2, 0) is 4.74 Å². The highest BCUT2D eigenvalue weighted by molar-refractivity contribution is 5.83. The van der Waals surface area contributed by atoms with Crippen molar-refractivity contribution in [1.82, 2.24) is 0 Å². The molecule has 4 rings (SSSR count). The summed E-state index contributed by atoms with van der Waals surface area (Å²) < 4.78 is 5.59. The fourth-order valence-corrected chi connectivity index (χ4v) is 3.18. The van der Waals surface area contributed by atoms with Crippen molar-refractivity contribution in [3.8, 4) is 0 Å². The summed E-state index contributed by atoms with van der Waals surface area (Å²) in [7, 11) is 0. The number of fused-ring (bicyclic) bond motifs is 3. The zero-order valence-electron chi connectivity index (χ0n) is 10.3. The van der Waals surface area contributed by atoms with E-state index in [0.717, 1.165) is 19.6 Å². The van der Waals surface area contributed by atoms with E-state index in [2.05, 4.69) is 48.6 Å². The van der Waals surface area contributed by atoms with Crippen molar-refractivity contribution in [3.63, 3.8) is 0 Å². The van der Waals surface area contributed by atoms with E-state index >= 15 is 0 Å². The van der Waals surface area contributed by atoms with Crippen molar-refractivity contribution in [1.29, 1.82) is 0 Å². The van der Waals surface area contributed by atoms with E-state index in [9.17, 15) is 0 Å². The monoisotopic (exact) mass is 236 g/mol.